The van der Waals surface area contributed by atoms with Crippen LogP contribution in [0.4, 0.5) is 4.39 Å². The van der Waals surface area contributed by atoms with Gasteiger partial charge in [0.25, 0.3) is 0 Å². The minimum Gasteiger partial charge on any atom is -0.492 e. The van der Waals surface area contributed by atoms with Gasteiger partial charge in [-0.3, -0.25) is 4.98 Å². The maximum atomic E-state index is 13.8. The lowest BCUT2D eigenvalue weighted by Gasteiger charge is -2.31. The van der Waals surface area contributed by atoms with Crippen LogP contribution in [-0.2, 0) is 10.0 Å². The summed E-state index contributed by atoms with van der Waals surface area (Å²) in [5.74, 6) is 0.0645. The van der Waals surface area contributed by atoms with Gasteiger partial charge in [-0.2, -0.15) is 4.31 Å². The summed E-state index contributed by atoms with van der Waals surface area (Å²) in [4.78, 5) is 3.63. The first kappa shape index (κ1) is 18.1. The molecule has 1 fully saturated rings. The third-order valence-corrected chi connectivity index (χ3v) is 6.45. The zero-order valence-corrected chi connectivity index (χ0v) is 15.0. The van der Waals surface area contributed by atoms with E-state index in [2.05, 4.69) is 4.98 Å². The van der Waals surface area contributed by atoms with E-state index in [1.54, 1.807) is 12.3 Å². The van der Waals surface area contributed by atoms with Crippen molar-refractivity contribution >= 4 is 21.6 Å². The zero-order valence-electron chi connectivity index (χ0n) is 13.4. The number of halogens is 2. The molecule has 1 aliphatic heterocycles. The summed E-state index contributed by atoms with van der Waals surface area (Å²) < 4.78 is 46.0. The van der Waals surface area contributed by atoms with Crippen molar-refractivity contribution in [3.8, 4) is 5.75 Å². The van der Waals surface area contributed by atoms with E-state index in [1.165, 1.54) is 28.7 Å². The molecule has 0 unspecified atom stereocenters. The Morgan fingerprint density at radius 3 is 2.64 bits per heavy atom. The average Bonchev–Trinajstić information content (AvgIpc) is 2.61. The molecule has 5 nitrogen and oxygen atoms in total. The molecule has 0 atom stereocenters. The fourth-order valence-electron chi connectivity index (χ4n) is 2.80. The van der Waals surface area contributed by atoms with Gasteiger partial charge in [0.15, 0.2) is 0 Å². The fourth-order valence-corrected chi connectivity index (χ4v) is 4.51. The summed E-state index contributed by atoms with van der Waals surface area (Å²) in [6.45, 7) is 1.14. The Kier molecular flexibility index (Phi) is 5.56. The highest BCUT2D eigenvalue weighted by Crippen LogP contribution is 2.27. The highest BCUT2D eigenvalue weighted by Gasteiger charge is 2.31. The largest absolute Gasteiger partial charge is 0.492 e. The molecule has 0 N–H and O–H groups in total. The second-order valence-corrected chi connectivity index (χ2v) is 8.21. The first-order chi connectivity index (χ1) is 12.0. The van der Waals surface area contributed by atoms with Crippen LogP contribution >= 0.6 is 11.6 Å². The molecule has 0 bridgehead atoms. The molecule has 0 amide bonds. The highest BCUT2D eigenvalue weighted by atomic mass is 35.5. The van der Waals surface area contributed by atoms with E-state index in [1.807, 2.05) is 0 Å². The summed E-state index contributed by atoms with van der Waals surface area (Å²) in [6, 6.07) is 7.15. The van der Waals surface area contributed by atoms with Crippen LogP contribution in [0, 0.1) is 11.7 Å². The summed E-state index contributed by atoms with van der Waals surface area (Å²) in [5.41, 5.74) is 0. The molecule has 3 rings (SSSR count). The van der Waals surface area contributed by atoms with E-state index in [-0.39, 0.29) is 10.8 Å². The first-order valence-electron chi connectivity index (χ1n) is 7.95. The molecule has 0 aliphatic carbocycles. The monoisotopic (exact) mass is 384 g/mol. The second-order valence-electron chi connectivity index (χ2n) is 5.89. The molecular formula is C17H18ClFN2O3S. The van der Waals surface area contributed by atoms with Gasteiger partial charge < -0.3 is 4.74 Å². The van der Waals surface area contributed by atoms with Gasteiger partial charge in [-0.05, 0) is 30.9 Å². The van der Waals surface area contributed by atoms with E-state index in [9.17, 15) is 12.8 Å². The Morgan fingerprint density at radius 1 is 1.24 bits per heavy atom. The lowest BCUT2D eigenvalue weighted by Crippen LogP contribution is -2.40. The van der Waals surface area contributed by atoms with Gasteiger partial charge in [0.1, 0.15) is 21.5 Å². The Labute approximate surface area is 151 Å². The molecule has 0 saturated carbocycles. The summed E-state index contributed by atoms with van der Waals surface area (Å²) >= 11 is 6.00. The molecule has 0 radical (unpaired) electrons. The molecule has 2 aromatic rings. The molecule has 1 saturated heterocycles. The predicted octanol–water partition coefficient (Wildman–Crippen LogP) is 3.35. The number of hydrogen-bond acceptors (Lipinski definition) is 4. The lowest BCUT2D eigenvalue weighted by molar-refractivity contribution is 0.185. The number of benzene rings is 1. The van der Waals surface area contributed by atoms with Crippen molar-refractivity contribution in [1.29, 1.82) is 0 Å². The number of rotatable bonds is 5. The Balaban J connectivity index is 1.59. The number of hydrogen-bond donors (Lipinski definition) is 0. The summed E-state index contributed by atoms with van der Waals surface area (Å²) in [5, 5.41) is 0.446. The smallest absolute Gasteiger partial charge is 0.245 e. The van der Waals surface area contributed by atoms with E-state index < -0.39 is 15.8 Å². The SMILES string of the molecule is O=S(=O)(c1ccccc1F)N1CCC(COc2ccncc2Cl)CC1. The van der Waals surface area contributed by atoms with Gasteiger partial charge in [0.05, 0.1) is 6.61 Å². The average molecular weight is 385 g/mol. The molecule has 8 heteroatoms. The van der Waals surface area contributed by atoms with Crippen molar-refractivity contribution in [2.45, 2.75) is 17.7 Å². The normalized spacial score (nSPS) is 16.7. The van der Waals surface area contributed by atoms with Crippen LogP contribution in [-0.4, -0.2) is 37.4 Å². The minimum atomic E-state index is -3.80. The molecule has 2 heterocycles. The van der Waals surface area contributed by atoms with Gasteiger partial charge in [0, 0.05) is 31.5 Å². The Morgan fingerprint density at radius 2 is 1.96 bits per heavy atom. The predicted molar refractivity (Wildman–Crippen MR) is 92.6 cm³/mol. The second kappa shape index (κ2) is 7.68. The number of piperidine rings is 1. The van der Waals surface area contributed by atoms with Gasteiger partial charge in [-0.15, -0.1) is 0 Å². The van der Waals surface area contributed by atoms with Crippen LogP contribution in [0.3, 0.4) is 0 Å². The third-order valence-electron chi connectivity index (χ3n) is 4.24. The van der Waals surface area contributed by atoms with E-state index in [0.717, 1.165) is 6.07 Å². The topological polar surface area (TPSA) is 59.5 Å². The molecule has 25 heavy (non-hydrogen) atoms. The number of nitrogens with zero attached hydrogens (tertiary/aromatic N) is 2. The van der Waals surface area contributed by atoms with Crippen LogP contribution in [0.5, 0.6) is 5.75 Å². The van der Waals surface area contributed by atoms with Crippen LogP contribution < -0.4 is 4.74 Å². The van der Waals surface area contributed by atoms with Gasteiger partial charge in [-0.1, -0.05) is 23.7 Å². The van der Waals surface area contributed by atoms with Crippen LogP contribution in [0.2, 0.25) is 5.02 Å². The molecule has 134 valence electrons. The zero-order chi connectivity index (χ0) is 17.9. The van der Waals surface area contributed by atoms with Crippen molar-refractivity contribution in [3.63, 3.8) is 0 Å². The molecule has 1 aromatic carbocycles. The molecule has 1 aliphatic rings. The number of pyridine rings is 1. The van der Waals surface area contributed by atoms with Crippen molar-refractivity contribution in [2.75, 3.05) is 19.7 Å². The van der Waals surface area contributed by atoms with Crippen molar-refractivity contribution in [2.24, 2.45) is 5.92 Å². The summed E-state index contributed by atoms with van der Waals surface area (Å²) in [7, 11) is -3.80. The summed E-state index contributed by atoms with van der Waals surface area (Å²) in [6.07, 6.45) is 4.41. The van der Waals surface area contributed by atoms with Crippen molar-refractivity contribution in [1.82, 2.24) is 9.29 Å². The van der Waals surface area contributed by atoms with Crippen LogP contribution in [0.1, 0.15) is 12.8 Å². The lowest BCUT2D eigenvalue weighted by atomic mass is 9.99. The number of aromatic nitrogens is 1. The number of ether oxygens (including phenoxy) is 1. The quantitative estimate of drug-likeness (QED) is 0.793. The van der Waals surface area contributed by atoms with E-state index in [0.29, 0.717) is 43.3 Å². The van der Waals surface area contributed by atoms with Crippen LogP contribution in [0.15, 0.2) is 47.6 Å². The van der Waals surface area contributed by atoms with Crippen molar-refractivity contribution in [3.05, 3.63) is 53.6 Å². The third kappa shape index (κ3) is 4.11. The fraction of sp³-hybridized carbons (Fsp3) is 0.353. The first-order valence-corrected chi connectivity index (χ1v) is 9.77. The maximum Gasteiger partial charge on any atom is 0.245 e. The maximum absolute atomic E-state index is 13.8. The Bertz CT molecular complexity index is 839. The van der Waals surface area contributed by atoms with E-state index in [4.69, 9.17) is 16.3 Å². The van der Waals surface area contributed by atoms with E-state index >= 15 is 0 Å². The Hall–Kier alpha value is -1.70. The van der Waals surface area contributed by atoms with Gasteiger partial charge in [-0.25, -0.2) is 12.8 Å². The minimum absolute atomic E-state index is 0.219. The van der Waals surface area contributed by atoms with Gasteiger partial charge in [0.2, 0.25) is 10.0 Å². The van der Waals surface area contributed by atoms with Crippen LogP contribution in [0.25, 0.3) is 0 Å². The molecule has 1 aromatic heterocycles. The standard InChI is InChI=1S/C17H18ClFN2O3S/c18-14-11-20-8-5-16(14)24-12-13-6-9-21(10-7-13)25(22,23)17-4-2-1-3-15(17)19/h1-5,8,11,13H,6-7,9-10,12H2. The molecular weight excluding hydrogens is 367 g/mol. The highest BCUT2D eigenvalue weighted by molar-refractivity contribution is 7.89. The van der Waals surface area contributed by atoms with Crippen molar-refractivity contribution < 1.29 is 17.5 Å². The van der Waals surface area contributed by atoms with Gasteiger partial charge >= 0.3 is 0 Å². The molecule has 0 spiro atoms. The number of sulfonamides is 1.